The van der Waals surface area contributed by atoms with Crippen LogP contribution in [0.2, 0.25) is 0 Å². The zero-order valence-corrected chi connectivity index (χ0v) is 22.8. The standard InChI is InChI=1S/C29H56O5/c1-4-5-6-15-19-22-28(31)33-24-27(30)25-34-29(32)23-20-17-14-12-10-8-7-9-11-13-16-18-21-26(2)3/h26-27,30H,4-25H2,1-3H3/t27-/m1/s1. The fraction of sp³-hybridized carbons (Fsp3) is 0.931. The first-order valence-corrected chi connectivity index (χ1v) is 14.4. The summed E-state index contributed by atoms with van der Waals surface area (Å²) in [7, 11) is 0. The molecule has 0 saturated carbocycles. The highest BCUT2D eigenvalue weighted by molar-refractivity contribution is 5.69. The SMILES string of the molecule is CCCCCCCC(=O)OC[C@@H](O)COC(=O)CCCCCCCCCCCCCCC(C)C. The number of carbonyl (C=O) groups is 2. The fourth-order valence-corrected chi connectivity index (χ4v) is 4.03. The Morgan fingerprint density at radius 1 is 0.588 bits per heavy atom. The van der Waals surface area contributed by atoms with Crippen LogP contribution in [0.1, 0.15) is 149 Å². The molecule has 0 aromatic rings. The van der Waals surface area contributed by atoms with E-state index in [2.05, 4.69) is 20.8 Å². The molecular formula is C29H56O5. The lowest BCUT2D eigenvalue weighted by atomic mass is 10.0. The number of aliphatic hydroxyl groups is 1. The average molecular weight is 485 g/mol. The number of ether oxygens (including phenoxy) is 2. The predicted octanol–water partition coefficient (Wildman–Crippen LogP) is 7.91. The molecule has 0 aromatic heterocycles. The minimum Gasteiger partial charge on any atom is -0.463 e. The summed E-state index contributed by atoms with van der Waals surface area (Å²) < 4.78 is 10.2. The summed E-state index contributed by atoms with van der Waals surface area (Å²) in [4.78, 5) is 23.5. The van der Waals surface area contributed by atoms with Gasteiger partial charge in [0.05, 0.1) is 0 Å². The summed E-state index contributed by atoms with van der Waals surface area (Å²) in [6, 6.07) is 0. The van der Waals surface area contributed by atoms with E-state index in [0.29, 0.717) is 12.8 Å². The number of unbranched alkanes of at least 4 members (excludes halogenated alkanes) is 15. The highest BCUT2D eigenvalue weighted by Crippen LogP contribution is 2.14. The maximum Gasteiger partial charge on any atom is 0.305 e. The Bertz CT molecular complexity index is 463. The molecule has 0 amide bonds. The van der Waals surface area contributed by atoms with Crippen molar-refractivity contribution >= 4 is 11.9 Å². The zero-order valence-electron chi connectivity index (χ0n) is 22.8. The van der Waals surface area contributed by atoms with Crippen LogP contribution in [0, 0.1) is 5.92 Å². The van der Waals surface area contributed by atoms with Crippen molar-refractivity contribution < 1.29 is 24.2 Å². The molecule has 34 heavy (non-hydrogen) atoms. The number of rotatable bonds is 25. The van der Waals surface area contributed by atoms with Gasteiger partial charge >= 0.3 is 11.9 Å². The Labute approximate surface area is 210 Å². The molecule has 0 aliphatic carbocycles. The third-order valence-electron chi connectivity index (χ3n) is 6.27. The number of aliphatic hydroxyl groups excluding tert-OH is 1. The Balaban J connectivity index is 3.39. The van der Waals surface area contributed by atoms with E-state index >= 15 is 0 Å². The molecule has 5 nitrogen and oxygen atoms in total. The molecule has 0 fully saturated rings. The topological polar surface area (TPSA) is 72.8 Å². The molecule has 0 heterocycles. The van der Waals surface area contributed by atoms with Gasteiger partial charge in [-0.2, -0.15) is 0 Å². The van der Waals surface area contributed by atoms with Crippen LogP contribution in [0.3, 0.4) is 0 Å². The van der Waals surface area contributed by atoms with E-state index in [4.69, 9.17) is 9.47 Å². The Kier molecular flexibility index (Phi) is 24.2. The number of hydrogen-bond acceptors (Lipinski definition) is 5. The van der Waals surface area contributed by atoms with Gasteiger partial charge in [0.25, 0.3) is 0 Å². The smallest absolute Gasteiger partial charge is 0.305 e. The summed E-state index contributed by atoms with van der Waals surface area (Å²) in [5.74, 6) is 0.268. The second kappa shape index (κ2) is 25.0. The molecule has 0 aromatic carbocycles. The van der Waals surface area contributed by atoms with Crippen LogP contribution in [0.5, 0.6) is 0 Å². The highest BCUT2D eigenvalue weighted by Gasteiger charge is 2.12. The molecule has 0 aliphatic heterocycles. The van der Waals surface area contributed by atoms with Crippen molar-refractivity contribution in [2.24, 2.45) is 5.92 Å². The highest BCUT2D eigenvalue weighted by atomic mass is 16.6. The van der Waals surface area contributed by atoms with E-state index in [0.717, 1.165) is 38.0 Å². The van der Waals surface area contributed by atoms with Crippen molar-refractivity contribution in [2.75, 3.05) is 13.2 Å². The quantitative estimate of drug-likeness (QED) is 0.105. The molecule has 1 atom stereocenters. The zero-order chi connectivity index (χ0) is 25.3. The van der Waals surface area contributed by atoms with Crippen LogP contribution in [-0.2, 0) is 19.1 Å². The molecular weight excluding hydrogens is 428 g/mol. The second-order valence-electron chi connectivity index (χ2n) is 10.4. The van der Waals surface area contributed by atoms with Gasteiger partial charge in [0, 0.05) is 12.8 Å². The van der Waals surface area contributed by atoms with Gasteiger partial charge in [-0.25, -0.2) is 0 Å². The van der Waals surface area contributed by atoms with Crippen LogP contribution < -0.4 is 0 Å². The van der Waals surface area contributed by atoms with E-state index in [9.17, 15) is 14.7 Å². The van der Waals surface area contributed by atoms with E-state index in [1.54, 1.807) is 0 Å². The summed E-state index contributed by atoms with van der Waals surface area (Å²) in [5, 5.41) is 9.84. The number of esters is 2. The number of hydrogen-bond donors (Lipinski definition) is 1. The van der Waals surface area contributed by atoms with Gasteiger partial charge in [-0.05, 0) is 18.8 Å². The first-order chi connectivity index (χ1) is 16.5. The minimum absolute atomic E-state index is 0.111. The molecule has 1 N–H and O–H groups in total. The lowest BCUT2D eigenvalue weighted by molar-refractivity contribution is -0.152. The van der Waals surface area contributed by atoms with Gasteiger partial charge in [-0.1, -0.05) is 124 Å². The minimum atomic E-state index is -0.951. The van der Waals surface area contributed by atoms with Gasteiger partial charge < -0.3 is 14.6 Å². The van der Waals surface area contributed by atoms with Crippen molar-refractivity contribution in [3.05, 3.63) is 0 Å². The van der Waals surface area contributed by atoms with Crippen molar-refractivity contribution in [1.29, 1.82) is 0 Å². The van der Waals surface area contributed by atoms with Gasteiger partial charge in [-0.15, -0.1) is 0 Å². The van der Waals surface area contributed by atoms with Gasteiger partial charge in [0.15, 0.2) is 0 Å². The van der Waals surface area contributed by atoms with Crippen LogP contribution in [0.4, 0.5) is 0 Å². The van der Waals surface area contributed by atoms with E-state index in [1.165, 1.54) is 83.5 Å². The molecule has 0 unspecified atom stereocenters. The Morgan fingerprint density at radius 3 is 1.32 bits per heavy atom. The summed E-state index contributed by atoms with van der Waals surface area (Å²) >= 11 is 0. The maximum absolute atomic E-state index is 11.8. The van der Waals surface area contributed by atoms with Crippen molar-refractivity contribution in [3.8, 4) is 0 Å². The Morgan fingerprint density at radius 2 is 0.941 bits per heavy atom. The lowest BCUT2D eigenvalue weighted by Gasteiger charge is -2.12. The first kappa shape index (κ1) is 32.9. The van der Waals surface area contributed by atoms with E-state index < -0.39 is 6.10 Å². The fourth-order valence-electron chi connectivity index (χ4n) is 4.03. The molecule has 202 valence electrons. The molecule has 0 spiro atoms. The summed E-state index contributed by atoms with van der Waals surface area (Å²) in [6.07, 6.45) is 21.7. The number of carbonyl (C=O) groups excluding carboxylic acids is 2. The average Bonchev–Trinajstić information content (AvgIpc) is 2.81. The van der Waals surface area contributed by atoms with Crippen molar-refractivity contribution in [2.45, 2.75) is 155 Å². The second-order valence-corrected chi connectivity index (χ2v) is 10.4. The Hall–Kier alpha value is -1.10. The maximum atomic E-state index is 11.8. The molecule has 0 saturated heterocycles. The van der Waals surface area contributed by atoms with Gasteiger partial charge in [-0.3, -0.25) is 9.59 Å². The van der Waals surface area contributed by atoms with Gasteiger partial charge in [0.1, 0.15) is 19.3 Å². The third kappa shape index (κ3) is 25.5. The predicted molar refractivity (Wildman–Crippen MR) is 141 cm³/mol. The molecule has 0 aliphatic rings. The molecule has 5 heteroatoms. The normalized spacial score (nSPS) is 12.1. The summed E-state index contributed by atoms with van der Waals surface area (Å²) in [6.45, 7) is 6.54. The van der Waals surface area contributed by atoms with Crippen LogP contribution in [0.25, 0.3) is 0 Å². The van der Waals surface area contributed by atoms with Crippen LogP contribution in [0.15, 0.2) is 0 Å². The van der Waals surface area contributed by atoms with Crippen LogP contribution >= 0.6 is 0 Å². The molecule has 0 bridgehead atoms. The molecule has 0 radical (unpaired) electrons. The van der Waals surface area contributed by atoms with Crippen molar-refractivity contribution in [1.82, 2.24) is 0 Å². The monoisotopic (exact) mass is 484 g/mol. The van der Waals surface area contributed by atoms with E-state index in [-0.39, 0.29) is 25.2 Å². The summed E-state index contributed by atoms with van der Waals surface area (Å²) in [5.41, 5.74) is 0. The lowest BCUT2D eigenvalue weighted by Crippen LogP contribution is -2.25. The van der Waals surface area contributed by atoms with Gasteiger partial charge in [0.2, 0.25) is 0 Å². The molecule has 0 rings (SSSR count). The first-order valence-electron chi connectivity index (χ1n) is 14.4. The van der Waals surface area contributed by atoms with Crippen LogP contribution in [-0.4, -0.2) is 36.4 Å². The third-order valence-corrected chi connectivity index (χ3v) is 6.27. The van der Waals surface area contributed by atoms with E-state index in [1.807, 2.05) is 0 Å². The van der Waals surface area contributed by atoms with Crippen molar-refractivity contribution in [3.63, 3.8) is 0 Å². The largest absolute Gasteiger partial charge is 0.463 e.